The SMILES string of the molecule is O=C(COc1ccc(/C=N/NC(=O)c2ccc(F)cc2)cc1)NCc1ccco1. The lowest BCUT2D eigenvalue weighted by molar-refractivity contribution is -0.123. The molecular formula is C21H18FN3O4. The van der Waals surface area contributed by atoms with E-state index in [4.69, 9.17) is 9.15 Å². The number of ether oxygens (including phenoxy) is 1. The number of carbonyl (C=O) groups is 2. The lowest BCUT2D eigenvalue weighted by Gasteiger charge is -2.06. The van der Waals surface area contributed by atoms with Gasteiger partial charge < -0.3 is 14.5 Å². The summed E-state index contributed by atoms with van der Waals surface area (Å²) in [6.07, 6.45) is 3.00. The summed E-state index contributed by atoms with van der Waals surface area (Å²) in [5.74, 6) is 0.0545. The van der Waals surface area contributed by atoms with Crippen LogP contribution in [-0.4, -0.2) is 24.6 Å². The minimum absolute atomic E-state index is 0.123. The third kappa shape index (κ3) is 6.31. The number of nitrogens with zero attached hydrogens (tertiary/aromatic N) is 1. The van der Waals surface area contributed by atoms with E-state index in [-0.39, 0.29) is 12.5 Å². The van der Waals surface area contributed by atoms with Gasteiger partial charge in [0.25, 0.3) is 11.8 Å². The van der Waals surface area contributed by atoms with Crippen molar-refractivity contribution in [1.82, 2.24) is 10.7 Å². The number of hydrazone groups is 1. The van der Waals surface area contributed by atoms with E-state index in [1.54, 1.807) is 36.4 Å². The molecule has 0 bridgehead atoms. The maximum absolute atomic E-state index is 12.9. The molecule has 0 saturated heterocycles. The van der Waals surface area contributed by atoms with Gasteiger partial charge in [0.2, 0.25) is 0 Å². The number of furan rings is 1. The van der Waals surface area contributed by atoms with Crippen LogP contribution in [0.2, 0.25) is 0 Å². The van der Waals surface area contributed by atoms with Crippen LogP contribution < -0.4 is 15.5 Å². The van der Waals surface area contributed by atoms with Crippen LogP contribution in [0.1, 0.15) is 21.7 Å². The van der Waals surface area contributed by atoms with Gasteiger partial charge in [0.15, 0.2) is 6.61 Å². The molecule has 0 atom stereocenters. The fourth-order valence-corrected chi connectivity index (χ4v) is 2.28. The Balaban J connectivity index is 1.42. The van der Waals surface area contributed by atoms with Crippen LogP contribution in [0, 0.1) is 5.82 Å². The molecule has 29 heavy (non-hydrogen) atoms. The smallest absolute Gasteiger partial charge is 0.271 e. The van der Waals surface area contributed by atoms with Crippen LogP contribution >= 0.6 is 0 Å². The number of hydrogen-bond donors (Lipinski definition) is 2. The number of carbonyl (C=O) groups excluding carboxylic acids is 2. The fourth-order valence-electron chi connectivity index (χ4n) is 2.28. The Morgan fingerprint density at radius 2 is 1.83 bits per heavy atom. The van der Waals surface area contributed by atoms with Crippen molar-refractivity contribution in [3.63, 3.8) is 0 Å². The second kappa shape index (κ2) is 9.84. The summed E-state index contributed by atoms with van der Waals surface area (Å²) in [6.45, 7) is 0.177. The highest BCUT2D eigenvalue weighted by Gasteiger charge is 2.05. The molecule has 2 N–H and O–H groups in total. The number of amides is 2. The van der Waals surface area contributed by atoms with Crippen LogP contribution in [0.3, 0.4) is 0 Å². The van der Waals surface area contributed by atoms with Crippen LogP contribution in [0.25, 0.3) is 0 Å². The summed E-state index contributed by atoms with van der Waals surface area (Å²) >= 11 is 0. The van der Waals surface area contributed by atoms with Crippen LogP contribution in [0.4, 0.5) is 4.39 Å². The molecule has 0 spiro atoms. The molecule has 0 saturated carbocycles. The highest BCUT2D eigenvalue weighted by Crippen LogP contribution is 2.11. The Bertz CT molecular complexity index is 968. The first-order valence-corrected chi connectivity index (χ1v) is 8.71. The molecule has 8 heteroatoms. The topological polar surface area (TPSA) is 92.9 Å². The molecule has 2 aromatic carbocycles. The normalized spacial score (nSPS) is 10.7. The van der Waals surface area contributed by atoms with Gasteiger partial charge in [-0.2, -0.15) is 5.10 Å². The van der Waals surface area contributed by atoms with Gasteiger partial charge in [-0.25, -0.2) is 9.82 Å². The Kier molecular flexibility index (Phi) is 6.72. The molecule has 1 aromatic heterocycles. The van der Waals surface area contributed by atoms with Gasteiger partial charge in [0, 0.05) is 5.56 Å². The predicted molar refractivity (Wildman–Crippen MR) is 104 cm³/mol. The van der Waals surface area contributed by atoms with Crippen molar-refractivity contribution in [2.24, 2.45) is 5.10 Å². The lowest BCUT2D eigenvalue weighted by Crippen LogP contribution is -2.28. The van der Waals surface area contributed by atoms with Crippen molar-refractivity contribution in [3.8, 4) is 5.75 Å². The highest BCUT2D eigenvalue weighted by molar-refractivity contribution is 5.94. The van der Waals surface area contributed by atoms with Gasteiger partial charge in [-0.1, -0.05) is 0 Å². The van der Waals surface area contributed by atoms with E-state index in [1.807, 2.05) is 0 Å². The third-order valence-electron chi connectivity index (χ3n) is 3.78. The Morgan fingerprint density at radius 1 is 1.07 bits per heavy atom. The van der Waals surface area contributed by atoms with Crippen molar-refractivity contribution in [3.05, 3.63) is 89.6 Å². The first-order valence-electron chi connectivity index (χ1n) is 8.71. The molecule has 2 amide bonds. The number of nitrogens with one attached hydrogen (secondary N) is 2. The lowest BCUT2D eigenvalue weighted by atomic mass is 10.2. The van der Waals surface area contributed by atoms with E-state index >= 15 is 0 Å². The molecule has 0 fully saturated rings. The van der Waals surface area contributed by atoms with Crippen molar-refractivity contribution >= 4 is 18.0 Å². The Hall–Kier alpha value is -3.94. The van der Waals surface area contributed by atoms with Crippen molar-refractivity contribution in [2.45, 2.75) is 6.54 Å². The van der Waals surface area contributed by atoms with Crippen LogP contribution in [0.15, 0.2) is 76.4 Å². The zero-order chi connectivity index (χ0) is 20.5. The molecule has 1 heterocycles. The molecule has 7 nitrogen and oxygen atoms in total. The number of halogens is 1. The summed E-state index contributed by atoms with van der Waals surface area (Å²) in [5.41, 5.74) is 3.39. The van der Waals surface area contributed by atoms with Crippen LogP contribution in [-0.2, 0) is 11.3 Å². The van der Waals surface area contributed by atoms with Crippen molar-refractivity contribution in [1.29, 1.82) is 0 Å². The van der Waals surface area contributed by atoms with Gasteiger partial charge in [0.05, 0.1) is 19.0 Å². The number of rotatable bonds is 8. The fraction of sp³-hybridized carbons (Fsp3) is 0.0952. The number of benzene rings is 2. The van der Waals surface area contributed by atoms with E-state index in [0.717, 1.165) is 5.56 Å². The standard InChI is InChI=1S/C21H18FN3O4/c22-17-7-5-16(6-8-17)21(27)25-24-12-15-3-9-18(10-4-15)29-14-20(26)23-13-19-2-1-11-28-19/h1-12H,13-14H2,(H,23,26)(H,25,27)/b24-12+. The first-order chi connectivity index (χ1) is 14.1. The van der Waals surface area contributed by atoms with Crippen molar-refractivity contribution < 1.29 is 23.1 Å². The first kappa shape index (κ1) is 19.8. The maximum atomic E-state index is 12.9. The number of hydrogen-bond acceptors (Lipinski definition) is 5. The van der Waals surface area contributed by atoms with E-state index in [2.05, 4.69) is 15.8 Å². The van der Waals surface area contributed by atoms with Gasteiger partial charge in [-0.3, -0.25) is 9.59 Å². The van der Waals surface area contributed by atoms with Gasteiger partial charge in [-0.05, 0) is 66.2 Å². The second-order valence-corrected chi connectivity index (χ2v) is 5.92. The maximum Gasteiger partial charge on any atom is 0.271 e. The average Bonchev–Trinajstić information content (AvgIpc) is 3.26. The molecule has 0 radical (unpaired) electrons. The summed E-state index contributed by atoms with van der Waals surface area (Å²) in [4.78, 5) is 23.6. The average molecular weight is 395 g/mol. The molecule has 0 aliphatic carbocycles. The van der Waals surface area contributed by atoms with E-state index < -0.39 is 11.7 Å². The van der Waals surface area contributed by atoms with Gasteiger partial charge in [0.1, 0.15) is 17.3 Å². The molecule has 148 valence electrons. The summed E-state index contributed by atoms with van der Waals surface area (Å²) in [5, 5.41) is 6.54. The highest BCUT2D eigenvalue weighted by atomic mass is 19.1. The monoisotopic (exact) mass is 395 g/mol. The van der Waals surface area contributed by atoms with Crippen molar-refractivity contribution in [2.75, 3.05) is 6.61 Å². The van der Waals surface area contributed by atoms with E-state index in [0.29, 0.717) is 23.6 Å². The summed E-state index contributed by atoms with van der Waals surface area (Å²) < 4.78 is 23.4. The molecule has 0 aliphatic heterocycles. The largest absolute Gasteiger partial charge is 0.484 e. The van der Waals surface area contributed by atoms with E-state index in [9.17, 15) is 14.0 Å². The zero-order valence-corrected chi connectivity index (χ0v) is 15.3. The third-order valence-corrected chi connectivity index (χ3v) is 3.78. The molecule has 3 aromatic rings. The minimum atomic E-state index is -0.443. The molecule has 0 aliphatic rings. The minimum Gasteiger partial charge on any atom is -0.484 e. The predicted octanol–water partition coefficient (Wildman–Crippen LogP) is 2.88. The van der Waals surface area contributed by atoms with Gasteiger partial charge >= 0.3 is 0 Å². The summed E-state index contributed by atoms with van der Waals surface area (Å²) in [6, 6.07) is 15.5. The molecule has 0 unspecified atom stereocenters. The summed E-state index contributed by atoms with van der Waals surface area (Å²) in [7, 11) is 0. The Morgan fingerprint density at radius 3 is 2.52 bits per heavy atom. The van der Waals surface area contributed by atoms with Crippen LogP contribution in [0.5, 0.6) is 5.75 Å². The van der Waals surface area contributed by atoms with E-state index in [1.165, 1.54) is 36.7 Å². The Labute approximate surface area is 166 Å². The zero-order valence-electron chi connectivity index (χ0n) is 15.3. The molecule has 3 rings (SSSR count). The van der Waals surface area contributed by atoms with Gasteiger partial charge in [-0.15, -0.1) is 0 Å². The second-order valence-electron chi connectivity index (χ2n) is 5.92. The molecular weight excluding hydrogens is 377 g/mol. The quantitative estimate of drug-likeness (QED) is 0.453.